The van der Waals surface area contributed by atoms with Crippen LogP contribution in [0.3, 0.4) is 0 Å². The molecule has 2 amide bonds. The topological polar surface area (TPSA) is 66.8 Å². The number of carbonyl (C=O) groups is 2. The number of benzene rings is 2. The predicted molar refractivity (Wildman–Crippen MR) is 124 cm³/mol. The minimum atomic E-state index is -0.351. The molecular weight excluding hydrogens is 404 g/mol. The third-order valence-corrected chi connectivity index (χ3v) is 5.78. The van der Waals surface area contributed by atoms with Gasteiger partial charge < -0.3 is 24.4 Å². The molecule has 0 bridgehead atoms. The molecule has 1 aromatic heterocycles. The van der Waals surface area contributed by atoms with Crippen molar-refractivity contribution in [1.29, 1.82) is 0 Å². The summed E-state index contributed by atoms with van der Waals surface area (Å²) in [6.45, 7) is 0.666. The lowest BCUT2D eigenvalue weighted by Gasteiger charge is -2.31. The number of methoxy groups -OCH3 is 1. The van der Waals surface area contributed by atoms with E-state index in [2.05, 4.69) is 51.0 Å². The van der Waals surface area contributed by atoms with Crippen LogP contribution in [0.15, 0.2) is 66.9 Å². The largest absolute Gasteiger partial charge is 0.469 e. The summed E-state index contributed by atoms with van der Waals surface area (Å²) >= 11 is 0. The van der Waals surface area contributed by atoms with Crippen LogP contribution in [0, 0.1) is 0 Å². The number of hydrogen-bond acceptors (Lipinski definition) is 4. The number of aromatic nitrogens is 1. The number of urea groups is 1. The molecule has 1 atom stereocenters. The average Bonchev–Trinajstić information content (AvgIpc) is 3.23. The summed E-state index contributed by atoms with van der Waals surface area (Å²) in [6, 6.07) is 19.9. The maximum Gasteiger partial charge on any atom is 0.318 e. The molecule has 3 aromatic rings. The SMILES string of the molecule is COC(=O)CCNC(=O)N1Cc2ccccc2-n2cccc2C1c1ccc(N(C)C)cc1. The molecule has 2 heterocycles. The standard InChI is InChI=1S/C25H28N4O3/c1-27(2)20-12-10-18(11-13-20)24-22-9-6-16-28(22)21-8-5-4-7-19(21)17-29(24)25(31)26-15-14-23(30)32-3/h4-13,16,24H,14-15,17H2,1-3H3,(H,26,31). The molecule has 0 aliphatic carbocycles. The first-order valence-corrected chi connectivity index (χ1v) is 10.6. The van der Waals surface area contributed by atoms with E-state index < -0.39 is 0 Å². The quantitative estimate of drug-likeness (QED) is 0.624. The number of para-hydroxylation sites is 1. The van der Waals surface area contributed by atoms with Crippen LogP contribution in [0.4, 0.5) is 10.5 Å². The van der Waals surface area contributed by atoms with Crippen molar-refractivity contribution in [2.45, 2.75) is 19.0 Å². The maximum absolute atomic E-state index is 13.4. The van der Waals surface area contributed by atoms with Crippen molar-refractivity contribution in [1.82, 2.24) is 14.8 Å². The van der Waals surface area contributed by atoms with Gasteiger partial charge in [-0.1, -0.05) is 30.3 Å². The fourth-order valence-corrected chi connectivity index (χ4v) is 4.12. The van der Waals surface area contributed by atoms with E-state index in [0.29, 0.717) is 6.54 Å². The van der Waals surface area contributed by atoms with Crippen molar-refractivity contribution < 1.29 is 14.3 Å². The number of nitrogens with one attached hydrogen (secondary N) is 1. The third kappa shape index (κ3) is 4.19. The monoisotopic (exact) mass is 432 g/mol. The van der Waals surface area contributed by atoms with E-state index in [0.717, 1.165) is 28.2 Å². The molecule has 7 nitrogen and oxygen atoms in total. The number of ether oxygens (including phenoxy) is 1. The zero-order valence-corrected chi connectivity index (χ0v) is 18.6. The molecule has 0 spiro atoms. The van der Waals surface area contributed by atoms with Crippen LogP contribution in [0.25, 0.3) is 5.69 Å². The van der Waals surface area contributed by atoms with Crippen LogP contribution < -0.4 is 10.2 Å². The van der Waals surface area contributed by atoms with Gasteiger partial charge in [-0.2, -0.15) is 0 Å². The van der Waals surface area contributed by atoms with Gasteiger partial charge in [-0.25, -0.2) is 4.79 Å². The van der Waals surface area contributed by atoms with Gasteiger partial charge in [-0.15, -0.1) is 0 Å². The first-order valence-electron chi connectivity index (χ1n) is 10.6. The molecule has 166 valence electrons. The van der Waals surface area contributed by atoms with Crippen molar-refractivity contribution in [3.8, 4) is 5.69 Å². The van der Waals surface area contributed by atoms with Crippen molar-refractivity contribution in [3.05, 3.63) is 83.7 Å². The molecule has 0 fully saturated rings. The highest BCUT2D eigenvalue weighted by Gasteiger charge is 2.32. The second-order valence-corrected chi connectivity index (χ2v) is 8.01. The van der Waals surface area contributed by atoms with Gasteiger partial charge in [-0.3, -0.25) is 4.79 Å². The van der Waals surface area contributed by atoms with Crippen LogP contribution in [0.5, 0.6) is 0 Å². The van der Waals surface area contributed by atoms with Gasteiger partial charge >= 0.3 is 12.0 Å². The Morgan fingerprint density at radius 2 is 1.81 bits per heavy atom. The third-order valence-electron chi connectivity index (χ3n) is 5.78. The molecule has 1 aliphatic heterocycles. The summed E-state index contributed by atoms with van der Waals surface area (Å²) in [4.78, 5) is 28.7. The average molecular weight is 433 g/mol. The van der Waals surface area contributed by atoms with Crippen LogP contribution in [-0.4, -0.2) is 49.2 Å². The predicted octanol–water partition coefficient (Wildman–Crippen LogP) is 3.72. The highest BCUT2D eigenvalue weighted by Crippen LogP contribution is 2.37. The number of carbonyl (C=O) groups excluding carboxylic acids is 2. The van der Waals surface area contributed by atoms with Gasteiger partial charge in [0, 0.05) is 38.2 Å². The van der Waals surface area contributed by atoms with Crippen LogP contribution in [0.1, 0.15) is 29.3 Å². The van der Waals surface area contributed by atoms with Gasteiger partial charge in [-0.05, 0) is 41.5 Å². The summed E-state index contributed by atoms with van der Waals surface area (Å²) in [5, 5.41) is 2.90. The van der Waals surface area contributed by atoms with Gasteiger partial charge in [0.1, 0.15) is 0 Å². The lowest BCUT2D eigenvalue weighted by molar-refractivity contribution is -0.140. The number of fused-ring (bicyclic) bond motifs is 3. The molecule has 0 saturated heterocycles. The molecule has 7 heteroatoms. The Balaban J connectivity index is 1.74. The molecule has 1 unspecified atom stereocenters. The van der Waals surface area contributed by atoms with Gasteiger partial charge in [0.2, 0.25) is 0 Å². The minimum Gasteiger partial charge on any atom is -0.469 e. The van der Waals surface area contributed by atoms with E-state index in [4.69, 9.17) is 0 Å². The highest BCUT2D eigenvalue weighted by atomic mass is 16.5. The van der Waals surface area contributed by atoms with E-state index in [9.17, 15) is 9.59 Å². The van der Waals surface area contributed by atoms with Gasteiger partial charge in [0.05, 0.1) is 31.8 Å². The number of amides is 2. The summed E-state index contributed by atoms with van der Waals surface area (Å²) in [7, 11) is 5.35. The Morgan fingerprint density at radius 3 is 2.53 bits per heavy atom. The Morgan fingerprint density at radius 1 is 1.06 bits per heavy atom. The van der Waals surface area contributed by atoms with Crippen molar-refractivity contribution >= 4 is 17.7 Å². The summed E-state index contributed by atoms with van der Waals surface area (Å²) in [5.41, 5.74) is 5.24. The van der Waals surface area contributed by atoms with Gasteiger partial charge in [0.15, 0.2) is 0 Å². The summed E-state index contributed by atoms with van der Waals surface area (Å²) in [5.74, 6) is -0.351. The summed E-state index contributed by atoms with van der Waals surface area (Å²) in [6.07, 6.45) is 2.17. The molecule has 32 heavy (non-hydrogen) atoms. The molecule has 4 rings (SSSR count). The highest BCUT2D eigenvalue weighted by molar-refractivity contribution is 5.77. The zero-order valence-electron chi connectivity index (χ0n) is 18.6. The Labute approximate surface area is 188 Å². The van der Waals surface area contributed by atoms with Crippen molar-refractivity contribution in [3.63, 3.8) is 0 Å². The van der Waals surface area contributed by atoms with E-state index >= 15 is 0 Å². The Kier molecular flexibility index (Phi) is 6.16. The first-order chi connectivity index (χ1) is 15.5. The maximum atomic E-state index is 13.4. The van der Waals surface area contributed by atoms with Gasteiger partial charge in [0.25, 0.3) is 0 Å². The Bertz CT molecular complexity index is 1100. The molecule has 1 aliphatic rings. The minimum absolute atomic E-state index is 0.130. The first kappa shape index (κ1) is 21.5. The number of rotatable bonds is 5. The second kappa shape index (κ2) is 9.18. The number of esters is 1. The van der Waals surface area contributed by atoms with E-state index in [1.807, 2.05) is 54.4 Å². The van der Waals surface area contributed by atoms with Crippen molar-refractivity contribution in [2.24, 2.45) is 0 Å². The number of hydrogen-bond donors (Lipinski definition) is 1. The van der Waals surface area contributed by atoms with Crippen LogP contribution in [-0.2, 0) is 16.1 Å². The molecule has 1 N–H and O–H groups in total. The summed E-state index contributed by atoms with van der Waals surface area (Å²) < 4.78 is 6.84. The molecule has 0 saturated carbocycles. The fourth-order valence-electron chi connectivity index (χ4n) is 4.12. The van der Waals surface area contributed by atoms with Crippen LogP contribution >= 0.6 is 0 Å². The van der Waals surface area contributed by atoms with E-state index in [1.165, 1.54) is 7.11 Å². The normalized spacial score (nSPS) is 14.7. The smallest absolute Gasteiger partial charge is 0.318 e. The van der Waals surface area contributed by atoms with E-state index in [-0.39, 0.29) is 31.0 Å². The Hall–Kier alpha value is -3.74. The fraction of sp³-hybridized carbons (Fsp3) is 0.280. The lowest BCUT2D eigenvalue weighted by atomic mass is 10.0. The molecule has 2 aromatic carbocycles. The number of nitrogens with zero attached hydrogens (tertiary/aromatic N) is 3. The van der Waals surface area contributed by atoms with Crippen LogP contribution in [0.2, 0.25) is 0 Å². The van der Waals surface area contributed by atoms with Crippen molar-refractivity contribution in [2.75, 3.05) is 32.6 Å². The second-order valence-electron chi connectivity index (χ2n) is 8.01. The molecule has 0 radical (unpaired) electrons. The molecular formula is C25H28N4O3. The zero-order chi connectivity index (χ0) is 22.7. The number of anilines is 1. The lowest BCUT2D eigenvalue weighted by Crippen LogP contribution is -2.42. The van der Waals surface area contributed by atoms with E-state index in [1.54, 1.807) is 0 Å².